The molecule has 1 saturated heterocycles. The van der Waals surface area contributed by atoms with Gasteiger partial charge in [-0.1, -0.05) is 114 Å². The van der Waals surface area contributed by atoms with Crippen molar-refractivity contribution in [3.8, 4) is 45.9 Å². The van der Waals surface area contributed by atoms with Crippen LogP contribution in [0.15, 0.2) is 121 Å². The summed E-state index contributed by atoms with van der Waals surface area (Å²) in [5.74, 6) is 0.894. The summed E-state index contributed by atoms with van der Waals surface area (Å²) < 4.78 is 50.4. The van der Waals surface area contributed by atoms with Crippen LogP contribution in [0.2, 0.25) is 0 Å². The fourth-order valence-corrected chi connectivity index (χ4v) is 9.48. The van der Waals surface area contributed by atoms with E-state index in [1.54, 1.807) is 97.1 Å². The zero-order chi connectivity index (χ0) is 60.1. The lowest BCUT2D eigenvalue weighted by Gasteiger charge is -2.40. The lowest BCUT2D eigenvalue weighted by molar-refractivity contribution is -0.158. The fourth-order valence-electron chi connectivity index (χ4n) is 9.48. The predicted octanol–water partition coefficient (Wildman–Crippen LogP) is 14.6. The Kier molecular flexibility index (Phi) is 24.2. The zero-order valence-electron chi connectivity index (χ0n) is 50.6. The molecule has 0 N–H and O–H groups in total. The Morgan fingerprint density at radius 1 is 0.512 bits per heavy atom. The van der Waals surface area contributed by atoms with Crippen LogP contribution in [0.4, 0.5) is 0 Å². The van der Waals surface area contributed by atoms with Gasteiger partial charge in [0.1, 0.15) is 55.2 Å². The van der Waals surface area contributed by atoms with Gasteiger partial charge in [-0.3, -0.25) is 9.59 Å². The van der Waals surface area contributed by atoms with Crippen LogP contribution in [-0.2, 0) is 28.5 Å². The average Bonchev–Trinajstić information content (AvgIpc) is 3.41. The normalized spacial score (nSPS) is 13.5. The molecule has 14 heteroatoms. The van der Waals surface area contributed by atoms with E-state index in [4.69, 9.17) is 47.9 Å². The van der Waals surface area contributed by atoms with Gasteiger partial charge < -0.3 is 42.6 Å². The molecule has 1 heterocycles. The van der Waals surface area contributed by atoms with Crippen molar-refractivity contribution in [1.29, 1.82) is 5.26 Å². The number of nitriles is 1. The Labute approximate surface area is 487 Å². The van der Waals surface area contributed by atoms with Gasteiger partial charge in [-0.2, -0.15) is 5.26 Å². The van der Waals surface area contributed by atoms with Crippen molar-refractivity contribution < 1.29 is 61.8 Å². The van der Waals surface area contributed by atoms with Gasteiger partial charge in [0.2, 0.25) is 0 Å². The molecule has 0 spiro atoms. The molecule has 0 aliphatic carbocycles. The Hall–Kier alpha value is -7.21. The Balaban J connectivity index is 0.000000302. The van der Waals surface area contributed by atoms with Crippen molar-refractivity contribution in [1.82, 2.24) is 0 Å². The second kappa shape index (κ2) is 30.2. The van der Waals surface area contributed by atoms with Gasteiger partial charge in [-0.25, -0.2) is 9.59 Å². The van der Waals surface area contributed by atoms with Crippen molar-refractivity contribution in [2.45, 2.75) is 116 Å². The van der Waals surface area contributed by atoms with Crippen LogP contribution in [0.1, 0.15) is 142 Å². The van der Waals surface area contributed by atoms with Gasteiger partial charge in [0.15, 0.2) is 0 Å². The van der Waals surface area contributed by atoms with Gasteiger partial charge in [0.25, 0.3) is 0 Å². The van der Waals surface area contributed by atoms with Crippen LogP contribution in [0.3, 0.4) is 0 Å². The molecule has 5 aromatic carbocycles. The Bertz CT molecular complexity index is 2800. The first-order valence-corrected chi connectivity index (χ1v) is 28.4. The van der Waals surface area contributed by atoms with Crippen LogP contribution in [0.25, 0.3) is 11.1 Å². The van der Waals surface area contributed by atoms with E-state index in [1.165, 1.54) is 0 Å². The topological polar surface area (TPSA) is 175 Å². The van der Waals surface area contributed by atoms with E-state index in [1.807, 2.05) is 65.8 Å². The third-order valence-corrected chi connectivity index (χ3v) is 13.9. The summed E-state index contributed by atoms with van der Waals surface area (Å²) in [7, 11) is 0. The molecule has 0 saturated carbocycles. The molecule has 1 aliphatic heterocycles. The van der Waals surface area contributed by atoms with Crippen LogP contribution in [0, 0.1) is 50.2 Å². The lowest BCUT2D eigenvalue weighted by atomic mass is 9.67. The highest BCUT2D eigenvalue weighted by Crippen LogP contribution is 2.41. The second-order valence-corrected chi connectivity index (χ2v) is 25.3. The predicted molar refractivity (Wildman–Crippen MR) is 317 cm³/mol. The summed E-state index contributed by atoms with van der Waals surface area (Å²) in [5.41, 5.74) is 2.97. The lowest BCUT2D eigenvalue weighted by Crippen LogP contribution is -2.45. The van der Waals surface area contributed by atoms with E-state index in [9.17, 15) is 19.2 Å². The number of hydrogen-bond acceptors (Lipinski definition) is 14. The van der Waals surface area contributed by atoms with Gasteiger partial charge in [-0.15, -0.1) is 0 Å². The maximum Gasteiger partial charge on any atom is 0.343 e. The fraction of sp³-hybridized carbons (Fsp3) is 0.485. The zero-order valence-corrected chi connectivity index (χ0v) is 50.6. The third-order valence-electron chi connectivity index (χ3n) is 13.9. The van der Waals surface area contributed by atoms with Crippen LogP contribution in [0.5, 0.6) is 28.7 Å². The molecule has 0 radical (unpaired) electrons. The Morgan fingerprint density at radius 2 is 0.915 bits per heavy atom. The van der Waals surface area contributed by atoms with Crippen LogP contribution < -0.4 is 23.7 Å². The molecule has 1 atom stereocenters. The molecule has 14 nitrogen and oxygen atoms in total. The molecule has 0 bridgehead atoms. The van der Waals surface area contributed by atoms with E-state index in [0.717, 1.165) is 56.6 Å². The Morgan fingerprint density at radius 3 is 1.32 bits per heavy atom. The molecule has 442 valence electrons. The minimum atomic E-state index is -0.478. The molecule has 1 fully saturated rings. The van der Waals surface area contributed by atoms with Crippen molar-refractivity contribution in [2.24, 2.45) is 38.9 Å². The maximum atomic E-state index is 12.7. The first kappa shape index (κ1) is 65.6. The maximum absolute atomic E-state index is 12.7. The quantitative estimate of drug-likeness (QED) is 0.0306. The number of unbranched alkanes of at least 4 members (excludes halogenated alkanes) is 1. The molecule has 1 aliphatic rings. The van der Waals surface area contributed by atoms with Crippen molar-refractivity contribution in [3.05, 3.63) is 138 Å². The minimum absolute atomic E-state index is 0.0198. The first-order valence-electron chi connectivity index (χ1n) is 28.4. The van der Waals surface area contributed by atoms with E-state index in [0.29, 0.717) is 58.7 Å². The molecular weight excluding hydrogens is 1040 g/mol. The molecule has 0 amide bonds. The van der Waals surface area contributed by atoms with Crippen LogP contribution in [-0.4, -0.2) is 83.3 Å². The summed E-state index contributed by atoms with van der Waals surface area (Å²) in [6.07, 6.45) is 3.64. The summed E-state index contributed by atoms with van der Waals surface area (Å²) in [6, 6.07) is 36.9. The van der Waals surface area contributed by atoms with Gasteiger partial charge in [0, 0.05) is 12.0 Å². The van der Waals surface area contributed by atoms with Crippen molar-refractivity contribution >= 4 is 23.9 Å². The van der Waals surface area contributed by atoms with Crippen molar-refractivity contribution in [3.63, 3.8) is 0 Å². The molecule has 1 unspecified atom stereocenters. The highest BCUT2D eigenvalue weighted by molar-refractivity contribution is 5.92. The number of esters is 4. The SMILES string of the molecule is CC(C)(C)CC(C(=O)OCCOc1ccc(C(=O)Oc2ccc(-c3ccc(C#N)cc3)cc2)cc1)C(C)(C)C.CCC1(COCCCCOc2ccc(C(=O)Oc3ccc(OCCOC(=O)C(C(C)(C)C)C(C)(C)C)cc3)cc2)COC1. The van der Waals surface area contributed by atoms with E-state index in [2.05, 4.69) is 54.5 Å². The van der Waals surface area contributed by atoms with E-state index >= 15 is 0 Å². The largest absolute Gasteiger partial charge is 0.494 e. The van der Waals surface area contributed by atoms with Gasteiger partial charge in [-0.05, 0) is 156 Å². The summed E-state index contributed by atoms with van der Waals surface area (Å²) in [5, 5.41) is 8.94. The highest BCUT2D eigenvalue weighted by atomic mass is 16.6. The number of benzene rings is 5. The standard InChI is InChI=1S/C35H50O8.C33H37NO5/c1-8-35(24-39-25-35)23-38-19-9-10-20-40-27-13-11-26(12-14-27)31(36)43-29-17-15-28(16-18-29)41-21-22-42-32(37)30(33(2,3)4)34(5,6)7;1-32(2,3)21-29(33(4,5)6)31(36)38-20-19-37-27-15-13-26(14-16-27)30(35)39-28-17-11-25(12-18-28)24-9-7-23(22-34)8-10-24/h11-18,30H,8-10,19-25H2,1-7H3;7-18,29H,19-21H2,1-6H3. The van der Waals surface area contributed by atoms with E-state index in [-0.39, 0.29) is 77.3 Å². The summed E-state index contributed by atoms with van der Waals surface area (Å²) >= 11 is 0. The number of carbonyl (C=O) groups excluding carboxylic acids is 4. The first-order chi connectivity index (χ1) is 38.7. The number of ether oxygens (including phenoxy) is 9. The summed E-state index contributed by atoms with van der Waals surface area (Å²) in [4.78, 5) is 50.6. The summed E-state index contributed by atoms with van der Waals surface area (Å²) in [6.45, 7) is 31.4. The third kappa shape index (κ3) is 21.6. The second-order valence-electron chi connectivity index (χ2n) is 25.3. The molecule has 82 heavy (non-hydrogen) atoms. The number of rotatable bonds is 25. The monoisotopic (exact) mass is 1130 g/mol. The van der Waals surface area contributed by atoms with Gasteiger partial charge in [0.05, 0.1) is 61.0 Å². The van der Waals surface area contributed by atoms with Crippen molar-refractivity contribution in [2.75, 3.05) is 59.5 Å². The minimum Gasteiger partial charge on any atom is -0.494 e. The number of carbonyl (C=O) groups is 4. The number of nitrogens with zero attached hydrogens (tertiary/aromatic N) is 1. The smallest absolute Gasteiger partial charge is 0.343 e. The molecule has 6 rings (SSSR count). The molecule has 0 aromatic heterocycles. The highest BCUT2D eigenvalue weighted by Gasteiger charge is 2.42. The van der Waals surface area contributed by atoms with E-state index < -0.39 is 11.9 Å². The molecule has 5 aromatic rings. The number of hydrogen-bond donors (Lipinski definition) is 0. The van der Waals surface area contributed by atoms with Crippen LogP contribution >= 0.6 is 0 Å². The van der Waals surface area contributed by atoms with Gasteiger partial charge >= 0.3 is 23.9 Å². The average molecular weight is 1130 g/mol. The molecular formula is C68H87NO13.